The molecule has 0 amide bonds. The summed E-state index contributed by atoms with van der Waals surface area (Å²) in [6.07, 6.45) is 5.46. The van der Waals surface area contributed by atoms with Crippen LogP contribution >= 0.6 is 11.8 Å². The van der Waals surface area contributed by atoms with Gasteiger partial charge in [0.2, 0.25) is 5.89 Å². The minimum atomic E-state index is 0.347. The second kappa shape index (κ2) is 4.34. The van der Waals surface area contributed by atoms with Crippen LogP contribution in [0, 0.1) is 6.92 Å². The molecule has 78 valence electrons. The fourth-order valence-electron chi connectivity index (χ4n) is 1.85. The number of rotatable bonds is 3. The Bertz CT molecular complexity index is 294. The average Bonchev–Trinajstić information content (AvgIpc) is 2.75. The van der Waals surface area contributed by atoms with Crippen molar-refractivity contribution in [3.05, 3.63) is 11.7 Å². The molecule has 0 radical (unpaired) electrons. The van der Waals surface area contributed by atoms with Gasteiger partial charge in [-0.2, -0.15) is 4.98 Å². The van der Waals surface area contributed by atoms with Gasteiger partial charge in [-0.25, -0.2) is 0 Å². The Morgan fingerprint density at radius 1 is 1.43 bits per heavy atom. The first-order valence-electron chi connectivity index (χ1n) is 5.21. The van der Waals surface area contributed by atoms with Gasteiger partial charge in [-0.15, -0.1) is 11.8 Å². The summed E-state index contributed by atoms with van der Waals surface area (Å²) in [5, 5.41) is 4.96. The smallest absolute Gasteiger partial charge is 0.239 e. The van der Waals surface area contributed by atoms with Crippen LogP contribution in [0.4, 0.5) is 0 Å². The Hall–Kier alpha value is -0.510. The Balaban J connectivity index is 1.91. The Labute approximate surface area is 88.7 Å². The van der Waals surface area contributed by atoms with Gasteiger partial charge in [0, 0.05) is 5.25 Å². The summed E-state index contributed by atoms with van der Waals surface area (Å²) in [5.41, 5.74) is 0. The average molecular weight is 212 g/mol. The molecule has 1 aromatic rings. The molecule has 2 rings (SSSR count). The quantitative estimate of drug-likeness (QED) is 0.771. The summed E-state index contributed by atoms with van der Waals surface area (Å²) in [5.74, 6) is 1.51. The predicted octanol–water partition coefficient (Wildman–Crippen LogP) is 3.11. The predicted molar refractivity (Wildman–Crippen MR) is 57.3 cm³/mol. The lowest BCUT2D eigenvalue weighted by Gasteiger charge is -2.11. The van der Waals surface area contributed by atoms with Crippen LogP contribution in [0.15, 0.2) is 4.52 Å². The van der Waals surface area contributed by atoms with Crippen molar-refractivity contribution in [3.8, 4) is 0 Å². The number of nitrogens with zero attached hydrogens (tertiary/aromatic N) is 2. The lowest BCUT2D eigenvalue weighted by Crippen LogP contribution is -1.99. The molecule has 1 atom stereocenters. The molecule has 0 N–H and O–H groups in total. The molecule has 0 bridgehead atoms. The van der Waals surface area contributed by atoms with Gasteiger partial charge in [-0.05, 0) is 26.7 Å². The molecule has 0 aliphatic heterocycles. The third kappa shape index (κ3) is 2.29. The lowest BCUT2D eigenvalue weighted by atomic mass is 10.4. The SMILES string of the molecule is Cc1noc([C@@H](C)SC2CCCC2)n1. The van der Waals surface area contributed by atoms with E-state index >= 15 is 0 Å². The van der Waals surface area contributed by atoms with Crippen molar-refractivity contribution in [3.63, 3.8) is 0 Å². The molecule has 0 spiro atoms. The summed E-state index contributed by atoms with van der Waals surface area (Å²) < 4.78 is 5.15. The van der Waals surface area contributed by atoms with Gasteiger partial charge in [-0.3, -0.25) is 0 Å². The highest BCUT2D eigenvalue weighted by atomic mass is 32.2. The monoisotopic (exact) mass is 212 g/mol. The molecule has 3 nitrogen and oxygen atoms in total. The number of aromatic nitrogens is 2. The fourth-order valence-corrected chi connectivity index (χ4v) is 3.24. The normalized spacial score (nSPS) is 20.1. The van der Waals surface area contributed by atoms with E-state index in [0.29, 0.717) is 5.25 Å². The van der Waals surface area contributed by atoms with E-state index in [1.54, 1.807) is 0 Å². The number of hydrogen-bond donors (Lipinski definition) is 0. The second-order valence-electron chi connectivity index (χ2n) is 3.86. The van der Waals surface area contributed by atoms with E-state index in [1.807, 2.05) is 18.7 Å². The summed E-state index contributed by atoms with van der Waals surface area (Å²) in [6.45, 7) is 4.01. The minimum Gasteiger partial charge on any atom is -0.338 e. The molecular formula is C10H16N2OS. The van der Waals surface area contributed by atoms with E-state index in [-0.39, 0.29) is 0 Å². The summed E-state index contributed by atoms with van der Waals surface area (Å²) in [7, 11) is 0. The van der Waals surface area contributed by atoms with Crippen molar-refractivity contribution >= 4 is 11.8 Å². The van der Waals surface area contributed by atoms with Gasteiger partial charge in [0.1, 0.15) is 0 Å². The van der Waals surface area contributed by atoms with Gasteiger partial charge in [0.15, 0.2) is 5.82 Å². The molecule has 4 heteroatoms. The molecule has 1 aliphatic rings. The number of hydrogen-bond acceptors (Lipinski definition) is 4. The maximum atomic E-state index is 5.15. The second-order valence-corrected chi connectivity index (χ2v) is 5.51. The van der Waals surface area contributed by atoms with Crippen LogP contribution < -0.4 is 0 Å². The summed E-state index contributed by atoms with van der Waals surface area (Å²) in [6, 6.07) is 0. The van der Waals surface area contributed by atoms with Crippen molar-refractivity contribution in [1.29, 1.82) is 0 Å². The van der Waals surface area contributed by atoms with Crippen LogP contribution in [0.3, 0.4) is 0 Å². The van der Waals surface area contributed by atoms with Crippen molar-refractivity contribution in [2.24, 2.45) is 0 Å². The standard InChI is InChI=1S/C10H16N2OS/c1-7(10-11-8(2)12-13-10)14-9-5-3-4-6-9/h7,9H,3-6H2,1-2H3/t7-/m1/s1. The summed E-state index contributed by atoms with van der Waals surface area (Å²) in [4.78, 5) is 4.25. The van der Waals surface area contributed by atoms with Gasteiger partial charge in [-0.1, -0.05) is 18.0 Å². The molecule has 1 aliphatic carbocycles. The zero-order valence-corrected chi connectivity index (χ0v) is 9.51. The first-order chi connectivity index (χ1) is 6.75. The Morgan fingerprint density at radius 2 is 2.14 bits per heavy atom. The van der Waals surface area contributed by atoms with Crippen LogP contribution in [0.2, 0.25) is 0 Å². The molecular weight excluding hydrogens is 196 g/mol. The zero-order chi connectivity index (χ0) is 9.97. The van der Waals surface area contributed by atoms with Gasteiger partial charge in [0.05, 0.1) is 5.25 Å². The van der Waals surface area contributed by atoms with E-state index in [1.165, 1.54) is 25.7 Å². The van der Waals surface area contributed by atoms with E-state index in [2.05, 4.69) is 17.1 Å². The number of aryl methyl sites for hydroxylation is 1. The van der Waals surface area contributed by atoms with Crippen molar-refractivity contribution < 1.29 is 4.52 Å². The maximum absolute atomic E-state index is 5.15. The minimum absolute atomic E-state index is 0.347. The van der Waals surface area contributed by atoms with Crippen LogP contribution in [-0.4, -0.2) is 15.4 Å². The van der Waals surface area contributed by atoms with E-state index in [0.717, 1.165) is 17.0 Å². The molecule has 1 heterocycles. The highest BCUT2D eigenvalue weighted by molar-refractivity contribution is 8.00. The first kappa shape index (κ1) is 10.0. The van der Waals surface area contributed by atoms with Crippen LogP contribution in [0.5, 0.6) is 0 Å². The molecule has 1 fully saturated rings. The maximum Gasteiger partial charge on any atom is 0.239 e. The van der Waals surface area contributed by atoms with E-state index < -0.39 is 0 Å². The third-order valence-electron chi connectivity index (χ3n) is 2.59. The van der Waals surface area contributed by atoms with Crippen LogP contribution in [-0.2, 0) is 0 Å². The molecule has 0 unspecified atom stereocenters. The van der Waals surface area contributed by atoms with Crippen LogP contribution in [0.1, 0.15) is 49.6 Å². The van der Waals surface area contributed by atoms with Crippen molar-refractivity contribution in [1.82, 2.24) is 10.1 Å². The third-order valence-corrected chi connectivity index (χ3v) is 4.06. The zero-order valence-electron chi connectivity index (χ0n) is 8.69. The van der Waals surface area contributed by atoms with Gasteiger partial charge < -0.3 is 4.52 Å². The largest absolute Gasteiger partial charge is 0.338 e. The number of thioether (sulfide) groups is 1. The molecule has 0 saturated heterocycles. The highest BCUT2D eigenvalue weighted by Crippen LogP contribution is 2.38. The fraction of sp³-hybridized carbons (Fsp3) is 0.800. The molecule has 14 heavy (non-hydrogen) atoms. The lowest BCUT2D eigenvalue weighted by molar-refractivity contribution is 0.376. The summed E-state index contributed by atoms with van der Waals surface area (Å²) >= 11 is 1.98. The van der Waals surface area contributed by atoms with Crippen LogP contribution in [0.25, 0.3) is 0 Å². The van der Waals surface area contributed by atoms with Gasteiger partial charge in [0.25, 0.3) is 0 Å². The Kier molecular flexibility index (Phi) is 3.11. The topological polar surface area (TPSA) is 38.9 Å². The van der Waals surface area contributed by atoms with E-state index in [4.69, 9.17) is 4.52 Å². The molecule has 1 saturated carbocycles. The molecule has 1 aromatic heterocycles. The van der Waals surface area contributed by atoms with Gasteiger partial charge >= 0.3 is 0 Å². The van der Waals surface area contributed by atoms with E-state index in [9.17, 15) is 0 Å². The first-order valence-corrected chi connectivity index (χ1v) is 6.15. The molecule has 0 aromatic carbocycles. The highest BCUT2D eigenvalue weighted by Gasteiger charge is 2.21. The Morgan fingerprint density at radius 3 is 2.71 bits per heavy atom. The van der Waals surface area contributed by atoms with Crippen molar-refractivity contribution in [2.45, 2.75) is 50.0 Å². The van der Waals surface area contributed by atoms with Crippen molar-refractivity contribution in [2.75, 3.05) is 0 Å².